The Morgan fingerprint density at radius 2 is 1.95 bits per heavy atom. The van der Waals surface area contributed by atoms with Gasteiger partial charge in [0, 0.05) is 18.8 Å². The van der Waals surface area contributed by atoms with Crippen LogP contribution >= 0.6 is 0 Å². The highest BCUT2D eigenvalue weighted by Gasteiger charge is 2.19. The fraction of sp³-hybridized carbons (Fsp3) is 0.133. The molecule has 0 aliphatic heterocycles. The molecule has 0 spiro atoms. The molecule has 1 atom stereocenters. The van der Waals surface area contributed by atoms with Crippen LogP contribution in [-0.4, -0.2) is 22.8 Å². The molecule has 108 valence electrons. The molecule has 2 amide bonds. The van der Waals surface area contributed by atoms with Crippen molar-refractivity contribution in [1.29, 1.82) is 0 Å². The van der Waals surface area contributed by atoms with Crippen molar-refractivity contribution in [3.8, 4) is 0 Å². The summed E-state index contributed by atoms with van der Waals surface area (Å²) in [7, 11) is 0. The van der Waals surface area contributed by atoms with Crippen molar-refractivity contribution < 1.29 is 14.0 Å². The van der Waals surface area contributed by atoms with Crippen molar-refractivity contribution in [2.75, 3.05) is 0 Å². The highest BCUT2D eigenvalue weighted by molar-refractivity contribution is 5.97. The summed E-state index contributed by atoms with van der Waals surface area (Å²) in [6.45, 7) is 0. The number of amides is 2. The summed E-state index contributed by atoms with van der Waals surface area (Å²) < 4.78 is 12.8. The number of hydrogen-bond acceptors (Lipinski definition) is 3. The molecular weight excluding hydrogens is 273 g/mol. The summed E-state index contributed by atoms with van der Waals surface area (Å²) >= 11 is 0. The molecule has 3 N–H and O–H groups in total. The van der Waals surface area contributed by atoms with Gasteiger partial charge in [-0.1, -0.05) is 12.1 Å². The molecule has 5 nitrogen and oxygen atoms in total. The zero-order valence-electron chi connectivity index (χ0n) is 11.1. The number of halogens is 1. The zero-order chi connectivity index (χ0) is 15.2. The minimum Gasteiger partial charge on any atom is -0.368 e. The maximum Gasteiger partial charge on any atom is 0.253 e. The third kappa shape index (κ3) is 4.10. The smallest absolute Gasteiger partial charge is 0.253 e. The second-order valence-electron chi connectivity index (χ2n) is 4.50. The summed E-state index contributed by atoms with van der Waals surface area (Å²) in [6, 6.07) is 7.99. The van der Waals surface area contributed by atoms with Gasteiger partial charge in [0.15, 0.2) is 0 Å². The maximum atomic E-state index is 12.8. The van der Waals surface area contributed by atoms with Gasteiger partial charge in [0.05, 0.1) is 5.56 Å². The van der Waals surface area contributed by atoms with E-state index in [4.69, 9.17) is 5.73 Å². The minimum absolute atomic E-state index is 0.196. The largest absolute Gasteiger partial charge is 0.368 e. The number of aromatic nitrogens is 1. The van der Waals surface area contributed by atoms with Crippen molar-refractivity contribution in [1.82, 2.24) is 10.3 Å². The van der Waals surface area contributed by atoms with E-state index < -0.39 is 17.9 Å². The fourth-order valence-electron chi connectivity index (χ4n) is 1.82. The molecule has 1 heterocycles. The number of primary amides is 1. The van der Waals surface area contributed by atoms with Crippen molar-refractivity contribution in [2.45, 2.75) is 12.5 Å². The Labute approximate surface area is 121 Å². The van der Waals surface area contributed by atoms with Crippen LogP contribution in [0, 0.1) is 5.82 Å². The van der Waals surface area contributed by atoms with Crippen LogP contribution in [-0.2, 0) is 11.2 Å². The Kier molecular flexibility index (Phi) is 4.61. The average Bonchev–Trinajstić information content (AvgIpc) is 2.49. The number of pyridine rings is 1. The lowest BCUT2D eigenvalue weighted by atomic mass is 10.0. The van der Waals surface area contributed by atoms with Gasteiger partial charge in [-0.25, -0.2) is 4.39 Å². The van der Waals surface area contributed by atoms with Crippen LogP contribution in [0.1, 0.15) is 15.9 Å². The van der Waals surface area contributed by atoms with E-state index in [-0.39, 0.29) is 12.2 Å². The van der Waals surface area contributed by atoms with Crippen LogP contribution < -0.4 is 11.1 Å². The first-order valence-electron chi connectivity index (χ1n) is 6.31. The first kappa shape index (κ1) is 14.6. The summed E-state index contributed by atoms with van der Waals surface area (Å²) in [5.41, 5.74) is 6.33. The molecular formula is C15H14FN3O2. The van der Waals surface area contributed by atoms with E-state index in [1.807, 2.05) is 0 Å². The lowest BCUT2D eigenvalue weighted by Gasteiger charge is -2.15. The molecule has 0 fully saturated rings. The fourth-order valence-corrected chi connectivity index (χ4v) is 1.82. The summed E-state index contributed by atoms with van der Waals surface area (Å²) in [5, 5.41) is 2.55. The van der Waals surface area contributed by atoms with Gasteiger partial charge in [0.1, 0.15) is 11.9 Å². The number of carbonyl (C=O) groups is 2. The van der Waals surface area contributed by atoms with Crippen LogP contribution in [0.2, 0.25) is 0 Å². The highest BCUT2D eigenvalue weighted by Crippen LogP contribution is 2.07. The van der Waals surface area contributed by atoms with Crippen LogP contribution in [0.15, 0.2) is 48.8 Å². The van der Waals surface area contributed by atoms with E-state index in [1.165, 1.54) is 18.3 Å². The molecule has 6 heteroatoms. The molecule has 0 bridgehead atoms. The van der Waals surface area contributed by atoms with Gasteiger partial charge in [0.25, 0.3) is 5.91 Å². The van der Waals surface area contributed by atoms with Crippen LogP contribution in [0.3, 0.4) is 0 Å². The van der Waals surface area contributed by atoms with Crippen LogP contribution in [0.4, 0.5) is 4.39 Å². The molecule has 2 aromatic rings. The molecule has 2 rings (SSSR count). The van der Waals surface area contributed by atoms with E-state index in [9.17, 15) is 14.0 Å². The molecule has 1 aromatic carbocycles. The van der Waals surface area contributed by atoms with Gasteiger partial charge in [-0.15, -0.1) is 0 Å². The molecule has 21 heavy (non-hydrogen) atoms. The lowest BCUT2D eigenvalue weighted by Crippen LogP contribution is -2.45. The van der Waals surface area contributed by atoms with E-state index in [1.54, 1.807) is 30.5 Å². The quantitative estimate of drug-likeness (QED) is 0.862. The summed E-state index contributed by atoms with van der Waals surface area (Å²) in [4.78, 5) is 27.3. The summed E-state index contributed by atoms with van der Waals surface area (Å²) in [5.74, 6) is -1.46. The first-order chi connectivity index (χ1) is 10.1. The third-order valence-corrected chi connectivity index (χ3v) is 2.93. The number of nitrogens with zero attached hydrogens (tertiary/aromatic N) is 1. The van der Waals surface area contributed by atoms with Gasteiger partial charge in [-0.2, -0.15) is 0 Å². The Morgan fingerprint density at radius 1 is 1.24 bits per heavy atom. The number of rotatable bonds is 5. The van der Waals surface area contributed by atoms with Crippen LogP contribution in [0.5, 0.6) is 0 Å². The molecule has 0 saturated carbocycles. The standard InChI is InChI=1S/C15H14FN3O2/c16-12-5-3-10(4-6-12)8-13(14(17)20)19-15(21)11-2-1-7-18-9-11/h1-7,9,13H,8H2,(H2,17,20)(H,19,21)/t13-/m0/s1. The maximum absolute atomic E-state index is 12.8. The summed E-state index contributed by atoms with van der Waals surface area (Å²) in [6.07, 6.45) is 3.13. The number of nitrogens with two attached hydrogens (primary N) is 1. The third-order valence-electron chi connectivity index (χ3n) is 2.93. The predicted octanol–water partition coefficient (Wildman–Crippen LogP) is 1.05. The number of carbonyl (C=O) groups excluding carboxylic acids is 2. The van der Waals surface area contributed by atoms with Gasteiger partial charge in [0.2, 0.25) is 5.91 Å². The number of nitrogens with one attached hydrogen (secondary N) is 1. The second kappa shape index (κ2) is 6.60. The van der Waals surface area contributed by atoms with Gasteiger partial charge in [-0.05, 0) is 29.8 Å². The monoisotopic (exact) mass is 287 g/mol. The molecule has 0 unspecified atom stereocenters. The zero-order valence-corrected chi connectivity index (χ0v) is 11.1. The lowest BCUT2D eigenvalue weighted by molar-refractivity contribution is -0.119. The Balaban J connectivity index is 2.07. The van der Waals surface area contributed by atoms with Gasteiger partial charge in [-0.3, -0.25) is 14.6 Å². The Bertz CT molecular complexity index is 629. The van der Waals surface area contributed by atoms with E-state index >= 15 is 0 Å². The van der Waals surface area contributed by atoms with E-state index in [0.29, 0.717) is 11.1 Å². The van der Waals surface area contributed by atoms with Crippen molar-refractivity contribution in [3.05, 3.63) is 65.7 Å². The second-order valence-corrected chi connectivity index (χ2v) is 4.50. The SMILES string of the molecule is NC(=O)[C@H](Cc1ccc(F)cc1)NC(=O)c1cccnc1. The molecule has 1 aromatic heterocycles. The van der Waals surface area contributed by atoms with Gasteiger partial charge < -0.3 is 11.1 Å². The van der Waals surface area contributed by atoms with Crippen LogP contribution in [0.25, 0.3) is 0 Å². The Morgan fingerprint density at radius 3 is 2.52 bits per heavy atom. The molecule has 0 aliphatic rings. The highest BCUT2D eigenvalue weighted by atomic mass is 19.1. The van der Waals surface area contributed by atoms with E-state index in [0.717, 1.165) is 0 Å². The topological polar surface area (TPSA) is 85.1 Å². The first-order valence-corrected chi connectivity index (χ1v) is 6.31. The number of benzene rings is 1. The van der Waals surface area contributed by atoms with E-state index in [2.05, 4.69) is 10.3 Å². The number of hydrogen-bond donors (Lipinski definition) is 2. The van der Waals surface area contributed by atoms with Gasteiger partial charge >= 0.3 is 0 Å². The Hall–Kier alpha value is -2.76. The molecule has 0 saturated heterocycles. The molecule has 0 aliphatic carbocycles. The molecule has 0 radical (unpaired) electrons. The minimum atomic E-state index is -0.872. The van der Waals surface area contributed by atoms with Crippen molar-refractivity contribution in [2.24, 2.45) is 5.73 Å². The average molecular weight is 287 g/mol. The van der Waals surface area contributed by atoms with Crippen molar-refractivity contribution >= 4 is 11.8 Å². The normalized spacial score (nSPS) is 11.7. The van der Waals surface area contributed by atoms with Crippen molar-refractivity contribution in [3.63, 3.8) is 0 Å². The predicted molar refractivity (Wildman–Crippen MR) is 74.8 cm³/mol.